The Labute approximate surface area is 181 Å². The Kier molecular flexibility index (Phi) is 12.0. The van der Waals surface area contributed by atoms with Crippen molar-refractivity contribution in [3.8, 4) is 17.1 Å². The molecule has 2 rings (SSSR count). The van der Waals surface area contributed by atoms with E-state index in [0.29, 0.717) is 71.1 Å². The number of ether oxygens (including phenoxy) is 5. The standard InChI is InChI=1S/C20H29N5O6/c1-16-22-24-20(25-23-16)17-2-4-18(5-3-17)31-15-14-30-13-12-29-11-10-28-9-8-27-7-6-19(21)26/h2-5H,6-15H2,1H3,(H2,21,26). The van der Waals surface area contributed by atoms with Crippen LogP contribution in [0.1, 0.15) is 12.2 Å². The Balaban J connectivity index is 1.40. The molecule has 0 unspecified atom stereocenters. The zero-order valence-corrected chi connectivity index (χ0v) is 17.7. The molecule has 0 atom stereocenters. The van der Waals surface area contributed by atoms with Crippen LogP contribution in [0.3, 0.4) is 0 Å². The van der Waals surface area contributed by atoms with Crippen LogP contribution < -0.4 is 10.5 Å². The molecule has 0 aliphatic carbocycles. The van der Waals surface area contributed by atoms with Crippen molar-refractivity contribution in [3.63, 3.8) is 0 Å². The maximum absolute atomic E-state index is 10.5. The van der Waals surface area contributed by atoms with Crippen molar-refractivity contribution in [3.05, 3.63) is 30.1 Å². The Hall–Kier alpha value is -2.73. The molecule has 2 aromatic rings. The zero-order valence-electron chi connectivity index (χ0n) is 17.7. The molecule has 1 aromatic carbocycles. The lowest BCUT2D eigenvalue weighted by Crippen LogP contribution is -2.16. The number of rotatable bonds is 17. The number of aryl methyl sites for hydroxylation is 1. The second-order valence-corrected chi connectivity index (χ2v) is 6.31. The summed E-state index contributed by atoms with van der Waals surface area (Å²) in [5.74, 6) is 1.36. The Morgan fingerprint density at radius 1 is 0.742 bits per heavy atom. The molecule has 31 heavy (non-hydrogen) atoms. The first-order valence-electron chi connectivity index (χ1n) is 10.0. The maximum atomic E-state index is 10.5. The van der Waals surface area contributed by atoms with E-state index in [9.17, 15) is 4.79 Å². The van der Waals surface area contributed by atoms with Gasteiger partial charge in [-0.05, 0) is 31.2 Å². The summed E-state index contributed by atoms with van der Waals surface area (Å²) < 4.78 is 27.0. The molecule has 1 amide bonds. The van der Waals surface area contributed by atoms with Crippen LogP contribution in [0.25, 0.3) is 11.4 Å². The van der Waals surface area contributed by atoms with E-state index in [1.54, 1.807) is 6.92 Å². The molecule has 0 radical (unpaired) electrons. The van der Waals surface area contributed by atoms with Crippen molar-refractivity contribution < 1.29 is 28.5 Å². The van der Waals surface area contributed by atoms with E-state index >= 15 is 0 Å². The minimum absolute atomic E-state index is 0.222. The molecule has 0 saturated heterocycles. The monoisotopic (exact) mass is 435 g/mol. The average molecular weight is 435 g/mol. The summed E-state index contributed by atoms with van der Waals surface area (Å²) >= 11 is 0. The van der Waals surface area contributed by atoms with Crippen molar-refractivity contribution in [2.45, 2.75) is 13.3 Å². The summed E-state index contributed by atoms with van der Waals surface area (Å²) in [6, 6.07) is 7.38. The van der Waals surface area contributed by atoms with Crippen LogP contribution in [0.2, 0.25) is 0 Å². The molecule has 170 valence electrons. The van der Waals surface area contributed by atoms with Crippen LogP contribution >= 0.6 is 0 Å². The van der Waals surface area contributed by atoms with Crippen LogP contribution in [-0.2, 0) is 23.7 Å². The second-order valence-electron chi connectivity index (χ2n) is 6.31. The molecule has 0 fully saturated rings. The molecule has 2 N–H and O–H groups in total. The van der Waals surface area contributed by atoms with Crippen LogP contribution in [-0.4, -0.2) is 85.8 Å². The van der Waals surface area contributed by atoms with Crippen LogP contribution in [0.4, 0.5) is 0 Å². The van der Waals surface area contributed by atoms with E-state index in [2.05, 4.69) is 20.4 Å². The van der Waals surface area contributed by atoms with Crippen molar-refractivity contribution in [2.24, 2.45) is 5.73 Å². The Bertz CT molecular complexity index is 745. The van der Waals surface area contributed by atoms with Gasteiger partial charge < -0.3 is 29.4 Å². The minimum Gasteiger partial charge on any atom is -0.491 e. The number of aromatic nitrogens is 4. The van der Waals surface area contributed by atoms with E-state index in [1.807, 2.05) is 24.3 Å². The second kappa shape index (κ2) is 15.1. The van der Waals surface area contributed by atoms with E-state index in [-0.39, 0.29) is 12.3 Å². The van der Waals surface area contributed by atoms with Gasteiger partial charge in [0.2, 0.25) is 11.7 Å². The third-order valence-corrected chi connectivity index (χ3v) is 3.80. The smallest absolute Gasteiger partial charge is 0.219 e. The lowest BCUT2D eigenvalue weighted by molar-refractivity contribution is -0.119. The molecule has 0 aliphatic rings. The van der Waals surface area contributed by atoms with Crippen LogP contribution in [0.15, 0.2) is 24.3 Å². The molecule has 1 aromatic heterocycles. The van der Waals surface area contributed by atoms with Gasteiger partial charge in [0.1, 0.15) is 12.4 Å². The van der Waals surface area contributed by atoms with Gasteiger partial charge in [-0.15, -0.1) is 20.4 Å². The lowest BCUT2D eigenvalue weighted by Gasteiger charge is -2.09. The first-order valence-corrected chi connectivity index (χ1v) is 10.0. The molecule has 0 aliphatic heterocycles. The predicted molar refractivity (Wildman–Crippen MR) is 110 cm³/mol. The highest BCUT2D eigenvalue weighted by molar-refractivity contribution is 5.73. The number of nitrogens with zero attached hydrogens (tertiary/aromatic N) is 4. The number of hydrogen-bond acceptors (Lipinski definition) is 10. The Morgan fingerprint density at radius 2 is 1.23 bits per heavy atom. The normalized spacial score (nSPS) is 10.9. The molecule has 1 heterocycles. The number of primary amides is 1. The number of carbonyl (C=O) groups excluding carboxylic acids is 1. The third kappa shape index (κ3) is 11.3. The quantitative estimate of drug-likeness (QED) is 0.350. The maximum Gasteiger partial charge on any atom is 0.219 e. The van der Waals surface area contributed by atoms with Gasteiger partial charge in [-0.25, -0.2) is 0 Å². The van der Waals surface area contributed by atoms with Gasteiger partial charge in [0, 0.05) is 12.0 Å². The average Bonchev–Trinajstić information content (AvgIpc) is 2.77. The first-order chi connectivity index (χ1) is 15.1. The number of hydrogen-bond donors (Lipinski definition) is 1. The predicted octanol–water partition coefficient (Wildman–Crippen LogP) is 0.563. The fourth-order valence-electron chi connectivity index (χ4n) is 2.25. The van der Waals surface area contributed by atoms with Crippen LogP contribution in [0, 0.1) is 6.92 Å². The van der Waals surface area contributed by atoms with Crippen molar-refractivity contribution in [1.29, 1.82) is 0 Å². The third-order valence-electron chi connectivity index (χ3n) is 3.80. The zero-order chi connectivity index (χ0) is 22.2. The van der Waals surface area contributed by atoms with Gasteiger partial charge in [-0.2, -0.15) is 0 Å². The van der Waals surface area contributed by atoms with Gasteiger partial charge in [-0.1, -0.05) is 0 Å². The highest BCUT2D eigenvalue weighted by Crippen LogP contribution is 2.18. The molecule has 0 bridgehead atoms. The van der Waals surface area contributed by atoms with E-state index < -0.39 is 0 Å². The summed E-state index contributed by atoms with van der Waals surface area (Å²) in [4.78, 5) is 10.5. The SMILES string of the molecule is Cc1nnc(-c2ccc(OCCOCCOCCOCCOCCC(N)=O)cc2)nn1. The fraction of sp³-hybridized carbons (Fsp3) is 0.550. The topological polar surface area (TPSA) is 141 Å². The summed E-state index contributed by atoms with van der Waals surface area (Å²) in [7, 11) is 0. The van der Waals surface area contributed by atoms with Crippen LogP contribution in [0.5, 0.6) is 5.75 Å². The number of amides is 1. The number of carbonyl (C=O) groups is 1. The van der Waals surface area contributed by atoms with Gasteiger partial charge in [0.25, 0.3) is 0 Å². The van der Waals surface area contributed by atoms with Crippen molar-refractivity contribution >= 4 is 5.91 Å². The van der Waals surface area contributed by atoms with Gasteiger partial charge in [-0.3, -0.25) is 4.79 Å². The summed E-state index contributed by atoms with van der Waals surface area (Å²) in [5, 5.41) is 15.8. The van der Waals surface area contributed by atoms with E-state index in [0.717, 1.165) is 11.3 Å². The summed E-state index contributed by atoms with van der Waals surface area (Å²) in [6.45, 7) is 5.72. The van der Waals surface area contributed by atoms with Crippen molar-refractivity contribution in [2.75, 3.05) is 59.5 Å². The molecule has 11 heteroatoms. The fourth-order valence-corrected chi connectivity index (χ4v) is 2.25. The number of benzene rings is 1. The largest absolute Gasteiger partial charge is 0.491 e. The van der Waals surface area contributed by atoms with Gasteiger partial charge >= 0.3 is 0 Å². The molecule has 0 saturated carbocycles. The van der Waals surface area contributed by atoms with E-state index in [1.165, 1.54) is 0 Å². The molecular formula is C20H29N5O6. The Morgan fingerprint density at radius 3 is 1.74 bits per heavy atom. The highest BCUT2D eigenvalue weighted by atomic mass is 16.6. The molecule has 11 nitrogen and oxygen atoms in total. The summed E-state index contributed by atoms with van der Waals surface area (Å²) in [6.07, 6.45) is 0.222. The first kappa shape index (κ1) is 24.5. The van der Waals surface area contributed by atoms with Crippen molar-refractivity contribution in [1.82, 2.24) is 20.4 Å². The summed E-state index contributed by atoms with van der Waals surface area (Å²) in [5.41, 5.74) is 5.82. The van der Waals surface area contributed by atoms with Gasteiger partial charge in [0.05, 0.1) is 52.9 Å². The minimum atomic E-state index is -0.373. The highest BCUT2D eigenvalue weighted by Gasteiger charge is 2.03. The molecule has 0 spiro atoms. The van der Waals surface area contributed by atoms with E-state index in [4.69, 9.17) is 29.4 Å². The van der Waals surface area contributed by atoms with Gasteiger partial charge in [0.15, 0.2) is 5.82 Å². The number of nitrogens with two attached hydrogens (primary N) is 1. The lowest BCUT2D eigenvalue weighted by atomic mass is 10.2. The molecular weight excluding hydrogens is 406 g/mol.